The van der Waals surface area contributed by atoms with Crippen LogP contribution in [0.4, 0.5) is 0 Å². The lowest BCUT2D eigenvalue weighted by Crippen LogP contribution is -2.32. The number of nitrogens with one attached hydrogen (secondary N) is 1. The third-order valence-electron chi connectivity index (χ3n) is 5.42. The quantitative estimate of drug-likeness (QED) is 0.449. The molecule has 2 atom stereocenters. The fraction of sp³-hybridized carbons (Fsp3) is 0.286. The van der Waals surface area contributed by atoms with Gasteiger partial charge in [0.15, 0.2) is 0 Å². The van der Waals surface area contributed by atoms with E-state index in [0.717, 1.165) is 36.2 Å². The van der Waals surface area contributed by atoms with E-state index in [1.807, 2.05) is 42.5 Å². The summed E-state index contributed by atoms with van der Waals surface area (Å²) in [4.78, 5) is 4.44. The van der Waals surface area contributed by atoms with Gasteiger partial charge in [-0.2, -0.15) is 5.26 Å². The van der Waals surface area contributed by atoms with Gasteiger partial charge in [0, 0.05) is 32.4 Å². The maximum atomic E-state index is 9.56. The van der Waals surface area contributed by atoms with Crippen LogP contribution in [-0.2, 0) is 17.7 Å². The maximum Gasteiger partial charge on any atom is 0.0998 e. The Labute approximate surface area is 197 Å². The number of hydrogen-bond donors (Lipinski definition) is 2. The molecule has 33 heavy (non-hydrogen) atoms. The van der Waals surface area contributed by atoms with Gasteiger partial charge in [0.25, 0.3) is 0 Å². The van der Waals surface area contributed by atoms with E-state index in [4.69, 9.17) is 10.5 Å². The van der Waals surface area contributed by atoms with E-state index in [0.29, 0.717) is 12.1 Å². The van der Waals surface area contributed by atoms with E-state index < -0.39 is 0 Å². The minimum Gasteiger partial charge on any atom is -0.375 e. The molecule has 2 aromatic carbocycles. The second kappa shape index (κ2) is 13.8. The molecular weight excluding hydrogens is 408 g/mol. The number of nitriles is 1. The molecule has 3 aromatic rings. The normalized spacial score (nSPS) is 12.1. The summed E-state index contributed by atoms with van der Waals surface area (Å²) in [5.41, 5.74) is 11.8. The first-order valence-electron chi connectivity index (χ1n) is 11.0. The topological polar surface area (TPSA) is 84.0 Å². The third-order valence-corrected chi connectivity index (χ3v) is 5.42. The van der Waals surface area contributed by atoms with Gasteiger partial charge in [0.1, 0.15) is 0 Å². The molecule has 0 saturated carbocycles. The van der Waals surface area contributed by atoms with E-state index in [1.165, 1.54) is 11.1 Å². The van der Waals surface area contributed by atoms with Crippen LogP contribution >= 0.6 is 0 Å². The SMILES string of the molecule is C#C.COC(CCc1cc(CNC(C)CN)cc(-c2ccccc2C#N)c1)c1ccccn1. The number of pyridine rings is 1. The van der Waals surface area contributed by atoms with Crippen molar-refractivity contribution in [1.82, 2.24) is 10.3 Å². The summed E-state index contributed by atoms with van der Waals surface area (Å²) in [6.45, 7) is 3.39. The molecule has 5 heteroatoms. The van der Waals surface area contributed by atoms with Gasteiger partial charge in [-0.15, -0.1) is 12.8 Å². The summed E-state index contributed by atoms with van der Waals surface area (Å²) in [5, 5.41) is 13.0. The average Bonchev–Trinajstić information content (AvgIpc) is 2.89. The summed E-state index contributed by atoms with van der Waals surface area (Å²) >= 11 is 0. The zero-order valence-corrected chi connectivity index (χ0v) is 19.4. The molecule has 0 saturated heterocycles. The van der Waals surface area contributed by atoms with Crippen LogP contribution in [0.15, 0.2) is 66.9 Å². The first kappa shape index (κ1) is 25.8. The molecule has 5 nitrogen and oxygen atoms in total. The van der Waals surface area contributed by atoms with E-state index in [2.05, 4.69) is 54.3 Å². The molecule has 0 aliphatic rings. The number of aromatic nitrogens is 1. The van der Waals surface area contributed by atoms with Gasteiger partial charge in [-0.25, -0.2) is 0 Å². The Morgan fingerprint density at radius 2 is 1.82 bits per heavy atom. The molecule has 170 valence electrons. The van der Waals surface area contributed by atoms with Crippen molar-refractivity contribution >= 4 is 0 Å². The molecule has 0 aliphatic heterocycles. The highest BCUT2D eigenvalue weighted by molar-refractivity contribution is 5.71. The van der Waals surface area contributed by atoms with Gasteiger partial charge in [0.05, 0.1) is 23.4 Å². The summed E-state index contributed by atoms with van der Waals surface area (Å²) in [6.07, 6.45) is 11.4. The summed E-state index contributed by atoms with van der Waals surface area (Å²) in [6, 6.07) is 22.7. The molecule has 0 radical (unpaired) electrons. The van der Waals surface area contributed by atoms with Crippen molar-refractivity contribution in [3.05, 3.63) is 89.2 Å². The first-order chi connectivity index (χ1) is 16.1. The van der Waals surface area contributed by atoms with Crippen molar-refractivity contribution in [2.45, 2.75) is 38.5 Å². The van der Waals surface area contributed by atoms with Crippen LogP contribution in [0.25, 0.3) is 11.1 Å². The van der Waals surface area contributed by atoms with Crippen molar-refractivity contribution < 1.29 is 4.74 Å². The Hall–Kier alpha value is -3.48. The van der Waals surface area contributed by atoms with Crippen molar-refractivity contribution in [2.75, 3.05) is 13.7 Å². The van der Waals surface area contributed by atoms with E-state index >= 15 is 0 Å². The van der Waals surface area contributed by atoms with Crippen LogP contribution in [-0.4, -0.2) is 24.7 Å². The van der Waals surface area contributed by atoms with Gasteiger partial charge in [-0.1, -0.05) is 36.4 Å². The second-order valence-electron chi connectivity index (χ2n) is 7.73. The molecule has 0 bridgehead atoms. The minimum absolute atomic E-state index is 0.0601. The number of aryl methyl sites for hydroxylation is 1. The Balaban J connectivity index is 0.00000187. The van der Waals surface area contributed by atoms with Crippen LogP contribution in [0.1, 0.15) is 41.8 Å². The smallest absolute Gasteiger partial charge is 0.0998 e. The number of hydrogen-bond acceptors (Lipinski definition) is 5. The lowest BCUT2D eigenvalue weighted by atomic mass is 9.94. The predicted octanol–water partition coefficient (Wildman–Crippen LogP) is 4.63. The second-order valence-corrected chi connectivity index (χ2v) is 7.73. The number of terminal acetylenes is 1. The molecule has 0 spiro atoms. The molecule has 0 fully saturated rings. The zero-order valence-electron chi connectivity index (χ0n) is 19.4. The number of nitrogens with zero attached hydrogens (tertiary/aromatic N) is 2. The van der Waals surface area contributed by atoms with Crippen LogP contribution in [0.2, 0.25) is 0 Å². The summed E-state index contributed by atoms with van der Waals surface area (Å²) < 4.78 is 5.70. The van der Waals surface area contributed by atoms with Gasteiger partial charge < -0.3 is 15.8 Å². The largest absolute Gasteiger partial charge is 0.375 e. The van der Waals surface area contributed by atoms with Gasteiger partial charge in [0.2, 0.25) is 0 Å². The average molecular weight is 441 g/mol. The lowest BCUT2D eigenvalue weighted by Gasteiger charge is -2.17. The fourth-order valence-corrected chi connectivity index (χ4v) is 3.62. The Morgan fingerprint density at radius 1 is 1.09 bits per heavy atom. The first-order valence-corrected chi connectivity index (χ1v) is 11.0. The van der Waals surface area contributed by atoms with Crippen LogP contribution in [0.5, 0.6) is 0 Å². The number of benzene rings is 2. The minimum atomic E-state index is -0.0601. The number of ether oxygens (including phenoxy) is 1. The molecule has 1 heterocycles. The monoisotopic (exact) mass is 440 g/mol. The molecule has 2 unspecified atom stereocenters. The highest BCUT2D eigenvalue weighted by atomic mass is 16.5. The third kappa shape index (κ3) is 7.56. The maximum absolute atomic E-state index is 9.56. The molecule has 3 rings (SSSR count). The standard InChI is InChI=1S/C26H30N4O.C2H2/c1-19(16-27)30-18-21-13-20(10-11-26(31-2)25-9-5-6-12-29-25)14-23(15-21)24-8-4-3-7-22(24)17-28;1-2/h3-9,12-15,19,26,30H,10-11,16,18,27H2,1-2H3;1-2H. The molecule has 3 N–H and O–H groups in total. The van der Waals surface area contributed by atoms with Crippen molar-refractivity contribution in [3.8, 4) is 30.0 Å². The van der Waals surface area contributed by atoms with E-state index in [9.17, 15) is 5.26 Å². The fourth-order valence-electron chi connectivity index (χ4n) is 3.62. The number of methoxy groups -OCH3 is 1. The van der Waals surface area contributed by atoms with Crippen molar-refractivity contribution in [1.29, 1.82) is 5.26 Å². The molecule has 0 amide bonds. The van der Waals surface area contributed by atoms with E-state index in [1.54, 1.807) is 13.3 Å². The van der Waals surface area contributed by atoms with Crippen molar-refractivity contribution in [3.63, 3.8) is 0 Å². The van der Waals surface area contributed by atoms with Crippen LogP contribution < -0.4 is 11.1 Å². The number of rotatable bonds is 10. The Kier molecular flexibility index (Phi) is 10.8. The Bertz CT molecular complexity index is 1060. The summed E-state index contributed by atoms with van der Waals surface area (Å²) in [7, 11) is 1.72. The lowest BCUT2D eigenvalue weighted by molar-refractivity contribution is 0.0924. The molecular formula is C28H32N4O. The highest BCUT2D eigenvalue weighted by Gasteiger charge is 2.13. The Morgan fingerprint density at radius 3 is 2.48 bits per heavy atom. The van der Waals surface area contributed by atoms with Crippen LogP contribution in [0.3, 0.4) is 0 Å². The number of nitrogens with two attached hydrogens (primary N) is 1. The summed E-state index contributed by atoms with van der Waals surface area (Å²) in [5.74, 6) is 0. The van der Waals surface area contributed by atoms with Crippen molar-refractivity contribution in [2.24, 2.45) is 5.73 Å². The molecule has 1 aromatic heterocycles. The van der Waals surface area contributed by atoms with Gasteiger partial charge in [-0.3, -0.25) is 4.98 Å². The van der Waals surface area contributed by atoms with Gasteiger partial charge >= 0.3 is 0 Å². The molecule has 0 aliphatic carbocycles. The predicted molar refractivity (Wildman–Crippen MR) is 134 cm³/mol. The van der Waals surface area contributed by atoms with E-state index in [-0.39, 0.29) is 12.1 Å². The van der Waals surface area contributed by atoms with Crippen LogP contribution in [0, 0.1) is 24.2 Å². The highest BCUT2D eigenvalue weighted by Crippen LogP contribution is 2.28. The zero-order chi connectivity index (χ0) is 24.1. The van der Waals surface area contributed by atoms with Gasteiger partial charge in [-0.05, 0) is 66.3 Å².